The number of aromatic nitrogens is 1. The monoisotopic (exact) mass is 602 g/mol. The van der Waals surface area contributed by atoms with Crippen LogP contribution in [0.25, 0.3) is 17.4 Å². The van der Waals surface area contributed by atoms with Crippen molar-refractivity contribution in [2.24, 2.45) is 4.99 Å². The van der Waals surface area contributed by atoms with E-state index in [1.165, 1.54) is 44.3 Å². The number of methoxy groups -OCH3 is 4. The van der Waals surface area contributed by atoms with Crippen LogP contribution in [0.5, 0.6) is 17.2 Å². The molecule has 222 valence electrons. The summed E-state index contributed by atoms with van der Waals surface area (Å²) in [6.45, 7) is 3.55. The Morgan fingerprint density at radius 3 is 2.26 bits per heavy atom. The van der Waals surface area contributed by atoms with Gasteiger partial charge in [-0.1, -0.05) is 30.4 Å². The fraction of sp³-hybridized carbons (Fsp3) is 0.250. The maximum absolute atomic E-state index is 14.0. The quantitative estimate of drug-likeness (QED) is 0.261. The molecule has 10 nitrogen and oxygen atoms in total. The molecular formula is C32H30N2O8S. The Bertz CT molecular complexity index is 1900. The molecule has 1 aliphatic heterocycles. The number of nitrogens with zero attached hydrogens (tertiary/aromatic N) is 2. The molecule has 5 rings (SSSR count). The number of benzene rings is 2. The third kappa shape index (κ3) is 5.39. The number of hydrogen-bond acceptors (Lipinski definition) is 10. The summed E-state index contributed by atoms with van der Waals surface area (Å²) in [5.41, 5.74) is 2.44. The van der Waals surface area contributed by atoms with Crippen molar-refractivity contribution in [2.45, 2.75) is 26.3 Å². The van der Waals surface area contributed by atoms with Gasteiger partial charge in [-0.2, -0.15) is 0 Å². The van der Waals surface area contributed by atoms with E-state index in [0.717, 1.165) is 5.56 Å². The van der Waals surface area contributed by atoms with Crippen LogP contribution in [0.1, 0.15) is 48.0 Å². The standard InChI is InChI=1S/C32H30N2O8S/c1-7-22(35)27-17(2)33-32-34(28(27)20-14-24(38-3)29(40-5)25(15-20)39-4)30(36)26(43-32)16-21-12-13-23(42-21)18-8-10-19(11-9-18)31(37)41-6/h8-16,28H,7H2,1-6H3/b26-16-. The maximum atomic E-state index is 14.0. The van der Waals surface area contributed by atoms with Crippen LogP contribution in [0.2, 0.25) is 0 Å². The topological polar surface area (TPSA) is 119 Å². The number of ketones is 1. The molecule has 0 bridgehead atoms. The zero-order valence-electron chi connectivity index (χ0n) is 24.5. The first-order valence-electron chi connectivity index (χ1n) is 13.4. The van der Waals surface area contributed by atoms with E-state index in [1.807, 2.05) is 0 Å². The molecule has 0 spiro atoms. The summed E-state index contributed by atoms with van der Waals surface area (Å²) < 4.78 is 29.3. The van der Waals surface area contributed by atoms with E-state index in [2.05, 4.69) is 4.99 Å². The average Bonchev–Trinajstić information content (AvgIpc) is 3.62. The van der Waals surface area contributed by atoms with Crippen molar-refractivity contribution in [3.05, 3.63) is 96.4 Å². The molecule has 43 heavy (non-hydrogen) atoms. The lowest BCUT2D eigenvalue weighted by atomic mass is 9.91. The third-order valence-electron chi connectivity index (χ3n) is 7.14. The molecular weight excluding hydrogens is 572 g/mol. The molecule has 1 atom stereocenters. The fourth-order valence-electron chi connectivity index (χ4n) is 5.05. The number of hydrogen-bond donors (Lipinski definition) is 0. The lowest BCUT2D eigenvalue weighted by molar-refractivity contribution is -0.115. The van der Waals surface area contributed by atoms with E-state index in [0.29, 0.717) is 60.5 Å². The maximum Gasteiger partial charge on any atom is 0.337 e. The van der Waals surface area contributed by atoms with Crippen molar-refractivity contribution in [1.29, 1.82) is 0 Å². The van der Waals surface area contributed by atoms with Gasteiger partial charge in [-0.05, 0) is 48.9 Å². The van der Waals surface area contributed by atoms with Crippen LogP contribution in [0.4, 0.5) is 0 Å². The molecule has 2 aromatic carbocycles. The lowest BCUT2D eigenvalue weighted by Crippen LogP contribution is -2.39. The molecule has 1 unspecified atom stereocenters. The van der Waals surface area contributed by atoms with Crippen LogP contribution < -0.4 is 29.1 Å². The second kappa shape index (κ2) is 12.1. The number of rotatable bonds is 9. The minimum Gasteiger partial charge on any atom is -0.493 e. The summed E-state index contributed by atoms with van der Waals surface area (Å²) >= 11 is 1.20. The fourth-order valence-corrected chi connectivity index (χ4v) is 6.07. The van der Waals surface area contributed by atoms with Crippen LogP contribution in [-0.4, -0.2) is 44.8 Å². The Morgan fingerprint density at radius 2 is 1.67 bits per heavy atom. The normalized spacial score (nSPS) is 14.7. The van der Waals surface area contributed by atoms with Gasteiger partial charge in [0.2, 0.25) is 5.75 Å². The molecule has 0 saturated carbocycles. The molecule has 1 aliphatic rings. The Balaban J connectivity index is 1.63. The van der Waals surface area contributed by atoms with Gasteiger partial charge in [0.05, 0.1) is 44.6 Å². The first kappa shape index (κ1) is 29.6. The molecule has 2 aromatic heterocycles. The first-order chi connectivity index (χ1) is 20.7. The predicted octanol–water partition coefficient (Wildman–Crippen LogP) is 4.29. The minimum atomic E-state index is -0.764. The number of thiazole rings is 1. The van der Waals surface area contributed by atoms with Crippen molar-refractivity contribution >= 4 is 29.2 Å². The molecule has 4 aromatic rings. The number of ether oxygens (including phenoxy) is 4. The number of furan rings is 1. The van der Waals surface area contributed by atoms with Crippen molar-refractivity contribution in [1.82, 2.24) is 4.57 Å². The van der Waals surface area contributed by atoms with Crippen LogP contribution in [0.15, 0.2) is 74.0 Å². The number of Topliss-reactive ketones (excluding diaryl/α,β-unsaturated/α-hetero) is 1. The van der Waals surface area contributed by atoms with Crippen molar-refractivity contribution in [2.75, 3.05) is 28.4 Å². The van der Waals surface area contributed by atoms with Crippen LogP contribution in [0.3, 0.4) is 0 Å². The summed E-state index contributed by atoms with van der Waals surface area (Å²) in [5.74, 6) is 1.69. The average molecular weight is 603 g/mol. The summed E-state index contributed by atoms with van der Waals surface area (Å²) in [7, 11) is 5.86. The number of carbonyl (C=O) groups excluding carboxylic acids is 2. The zero-order valence-corrected chi connectivity index (χ0v) is 25.4. The van der Waals surface area contributed by atoms with Gasteiger partial charge in [0.25, 0.3) is 5.56 Å². The highest BCUT2D eigenvalue weighted by atomic mass is 32.1. The van der Waals surface area contributed by atoms with Gasteiger partial charge in [-0.3, -0.25) is 14.2 Å². The van der Waals surface area contributed by atoms with Gasteiger partial charge >= 0.3 is 5.97 Å². The van der Waals surface area contributed by atoms with E-state index >= 15 is 0 Å². The van der Waals surface area contributed by atoms with Crippen LogP contribution in [0, 0.1) is 0 Å². The summed E-state index contributed by atoms with van der Waals surface area (Å²) in [6, 6.07) is 13.1. The Labute approximate surface area is 251 Å². The summed E-state index contributed by atoms with van der Waals surface area (Å²) in [5, 5.41) is 0. The number of esters is 1. The highest BCUT2D eigenvalue weighted by molar-refractivity contribution is 7.07. The van der Waals surface area contributed by atoms with E-state index in [9.17, 15) is 14.4 Å². The van der Waals surface area contributed by atoms with Crippen molar-refractivity contribution in [3.8, 4) is 28.6 Å². The molecule has 0 saturated heterocycles. The summed E-state index contributed by atoms with van der Waals surface area (Å²) in [4.78, 5) is 44.1. The highest BCUT2D eigenvalue weighted by Gasteiger charge is 2.33. The number of carbonyl (C=O) groups is 2. The molecule has 11 heteroatoms. The van der Waals surface area contributed by atoms with E-state index in [4.69, 9.17) is 23.4 Å². The smallest absolute Gasteiger partial charge is 0.337 e. The van der Waals surface area contributed by atoms with E-state index < -0.39 is 12.0 Å². The molecule has 0 N–H and O–H groups in total. The molecule has 3 heterocycles. The number of allylic oxidation sites excluding steroid dienone is 2. The molecule has 0 aliphatic carbocycles. The van der Waals surface area contributed by atoms with Gasteiger partial charge < -0.3 is 23.4 Å². The highest BCUT2D eigenvalue weighted by Crippen LogP contribution is 2.42. The minimum absolute atomic E-state index is 0.122. The van der Waals surface area contributed by atoms with Gasteiger partial charge in [-0.25, -0.2) is 9.79 Å². The third-order valence-corrected chi connectivity index (χ3v) is 8.12. The van der Waals surface area contributed by atoms with Gasteiger partial charge in [0, 0.05) is 29.3 Å². The van der Waals surface area contributed by atoms with Crippen molar-refractivity contribution in [3.63, 3.8) is 0 Å². The number of fused-ring (bicyclic) bond motifs is 1. The second-order valence-electron chi connectivity index (χ2n) is 9.59. The Morgan fingerprint density at radius 1 is 1.00 bits per heavy atom. The van der Waals surface area contributed by atoms with Crippen molar-refractivity contribution < 1.29 is 33.0 Å². The lowest BCUT2D eigenvalue weighted by Gasteiger charge is -2.26. The van der Waals surface area contributed by atoms with E-state index in [1.54, 1.807) is 68.5 Å². The summed E-state index contributed by atoms with van der Waals surface area (Å²) in [6.07, 6.45) is 1.90. The van der Waals surface area contributed by atoms with Gasteiger partial charge in [0.15, 0.2) is 22.1 Å². The first-order valence-corrected chi connectivity index (χ1v) is 14.2. The Hall–Kier alpha value is -4.90. The SMILES string of the molecule is CCC(=O)C1=C(C)N=c2s/c(=C\c3ccc(-c4ccc(C(=O)OC)cc4)o3)c(=O)n2C1c1cc(OC)c(OC)c(OC)c1. The molecule has 0 radical (unpaired) electrons. The zero-order chi connectivity index (χ0) is 30.8. The van der Waals surface area contributed by atoms with Crippen LogP contribution in [-0.2, 0) is 9.53 Å². The Kier molecular flexibility index (Phi) is 8.36. The predicted molar refractivity (Wildman–Crippen MR) is 161 cm³/mol. The van der Waals surface area contributed by atoms with Crippen LogP contribution >= 0.6 is 11.3 Å². The van der Waals surface area contributed by atoms with Gasteiger partial charge in [-0.15, -0.1) is 0 Å². The molecule has 0 amide bonds. The second-order valence-corrected chi connectivity index (χ2v) is 10.6. The largest absolute Gasteiger partial charge is 0.493 e. The van der Waals surface area contributed by atoms with Gasteiger partial charge in [0.1, 0.15) is 11.5 Å². The van der Waals surface area contributed by atoms with E-state index in [-0.39, 0.29) is 17.8 Å². The molecule has 0 fully saturated rings.